The molecule has 5 heteroatoms. The van der Waals surface area contributed by atoms with E-state index in [1.807, 2.05) is 18.7 Å². The van der Waals surface area contributed by atoms with Crippen LogP contribution in [0.3, 0.4) is 0 Å². The molecule has 0 bridgehead atoms. The predicted molar refractivity (Wildman–Crippen MR) is 79.5 cm³/mol. The Morgan fingerprint density at radius 3 is 2.44 bits per heavy atom. The van der Waals surface area contributed by atoms with Gasteiger partial charge in [-0.05, 0) is 13.8 Å². The summed E-state index contributed by atoms with van der Waals surface area (Å²) in [5.41, 5.74) is 1.18. The van der Waals surface area contributed by atoms with E-state index in [2.05, 4.69) is 31.1 Å². The van der Waals surface area contributed by atoms with Crippen LogP contribution < -0.4 is 0 Å². The lowest BCUT2D eigenvalue weighted by Gasteiger charge is -2.17. The monoisotopic (exact) mass is 286 g/mol. The first-order valence-corrected chi connectivity index (χ1v) is 8.11. The third kappa shape index (κ3) is 4.28. The predicted octanol–water partition coefficient (Wildman–Crippen LogP) is 3.40. The van der Waals surface area contributed by atoms with E-state index >= 15 is 0 Å². The molecule has 1 amide bonds. The summed E-state index contributed by atoms with van der Waals surface area (Å²) in [6, 6.07) is 0. The molecule has 0 aliphatic rings. The van der Waals surface area contributed by atoms with E-state index in [0.29, 0.717) is 5.75 Å². The molecule has 3 nitrogen and oxygen atoms in total. The molecule has 0 atom stereocenters. The average Bonchev–Trinajstić information content (AvgIpc) is 2.76. The van der Waals surface area contributed by atoms with Gasteiger partial charge in [-0.15, -0.1) is 11.3 Å². The van der Waals surface area contributed by atoms with Gasteiger partial charge in [0.2, 0.25) is 5.91 Å². The number of carbonyl (C=O) groups excluding carboxylic acids is 1. The van der Waals surface area contributed by atoms with E-state index in [0.717, 1.165) is 23.1 Å². The SMILES string of the molecule is CCN(CC)C(=O)CSc1nc(C(C)(C)C)cs1. The summed E-state index contributed by atoms with van der Waals surface area (Å²) in [4.78, 5) is 18.3. The molecular formula is C13H22N2OS2. The van der Waals surface area contributed by atoms with Gasteiger partial charge in [-0.1, -0.05) is 32.5 Å². The molecule has 0 fully saturated rings. The lowest BCUT2D eigenvalue weighted by atomic mass is 9.93. The Kier molecular flexibility index (Phi) is 5.66. The Bertz CT molecular complexity index is 392. The van der Waals surface area contributed by atoms with Crippen LogP contribution in [0.15, 0.2) is 9.72 Å². The van der Waals surface area contributed by atoms with Crippen LogP contribution in [0.1, 0.15) is 40.3 Å². The number of thiazole rings is 1. The number of amides is 1. The van der Waals surface area contributed by atoms with Crippen molar-refractivity contribution in [1.29, 1.82) is 0 Å². The van der Waals surface area contributed by atoms with Crippen molar-refractivity contribution >= 4 is 29.0 Å². The van der Waals surface area contributed by atoms with E-state index in [1.165, 1.54) is 0 Å². The Morgan fingerprint density at radius 2 is 2.00 bits per heavy atom. The Balaban J connectivity index is 2.54. The maximum atomic E-state index is 11.9. The molecule has 0 spiro atoms. The lowest BCUT2D eigenvalue weighted by Crippen LogP contribution is -2.31. The minimum Gasteiger partial charge on any atom is -0.343 e. The maximum Gasteiger partial charge on any atom is 0.232 e. The van der Waals surface area contributed by atoms with E-state index in [9.17, 15) is 4.79 Å². The van der Waals surface area contributed by atoms with Crippen molar-refractivity contribution in [3.8, 4) is 0 Å². The van der Waals surface area contributed by atoms with Crippen molar-refractivity contribution < 1.29 is 4.79 Å². The Labute approximate surface area is 118 Å². The standard InChI is InChI=1S/C13H22N2OS2/c1-6-15(7-2)11(16)9-18-12-14-10(8-17-12)13(3,4)5/h8H,6-7,9H2,1-5H3. The minimum atomic E-state index is 0.0815. The fourth-order valence-corrected chi connectivity index (χ4v) is 3.41. The maximum absolute atomic E-state index is 11.9. The first-order chi connectivity index (χ1) is 8.38. The van der Waals surface area contributed by atoms with Crippen LogP contribution in [-0.2, 0) is 10.2 Å². The van der Waals surface area contributed by atoms with Crippen LogP contribution in [-0.4, -0.2) is 34.6 Å². The van der Waals surface area contributed by atoms with E-state index in [4.69, 9.17) is 0 Å². The zero-order valence-electron chi connectivity index (χ0n) is 11.8. The van der Waals surface area contributed by atoms with Crippen molar-refractivity contribution in [2.75, 3.05) is 18.8 Å². The number of thioether (sulfide) groups is 1. The van der Waals surface area contributed by atoms with Gasteiger partial charge in [-0.2, -0.15) is 0 Å². The third-order valence-electron chi connectivity index (χ3n) is 2.69. The van der Waals surface area contributed by atoms with Crippen molar-refractivity contribution in [2.24, 2.45) is 0 Å². The summed E-state index contributed by atoms with van der Waals surface area (Å²) in [6.45, 7) is 12.0. The highest BCUT2D eigenvalue weighted by Crippen LogP contribution is 2.29. The van der Waals surface area contributed by atoms with Gasteiger partial charge in [0.1, 0.15) is 0 Å². The van der Waals surface area contributed by atoms with Crippen molar-refractivity contribution in [3.05, 3.63) is 11.1 Å². The zero-order chi connectivity index (χ0) is 13.8. The molecule has 1 heterocycles. The second-order valence-corrected chi connectivity index (χ2v) is 7.18. The van der Waals surface area contributed by atoms with E-state index < -0.39 is 0 Å². The molecule has 18 heavy (non-hydrogen) atoms. The third-order valence-corrected chi connectivity index (χ3v) is 4.69. The molecule has 1 aromatic rings. The van der Waals surface area contributed by atoms with Crippen molar-refractivity contribution in [3.63, 3.8) is 0 Å². The second kappa shape index (κ2) is 6.57. The first-order valence-electron chi connectivity index (χ1n) is 6.25. The van der Waals surface area contributed by atoms with Crippen LogP contribution in [0.5, 0.6) is 0 Å². The van der Waals surface area contributed by atoms with Crippen LogP contribution in [0.4, 0.5) is 0 Å². The Morgan fingerprint density at radius 1 is 1.39 bits per heavy atom. The van der Waals surface area contributed by atoms with Crippen molar-refractivity contribution in [1.82, 2.24) is 9.88 Å². The van der Waals surface area contributed by atoms with E-state index in [1.54, 1.807) is 23.1 Å². The number of hydrogen-bond acceptors (Lipinski definition) is 4. The molecule has 0 radical (unpaired) electrons. The summed E-state index contributed by atoms with van der Waals surface area (Å²) in [5.74, 6) is 0.677. The molecule has 0 aromatic carbocycles. The molecule has 0 unspecified atom stereocenters. The van der Waals surface area contributed by atoms with E-state index in [-0.39, 0.29) is 11.3 Å². The molecule has 1 aromatic heterocycles. The first kappa shape index (κ1) is 15.5. The average molecular weight is 286 g/mol. The molecular weight excluding hydrogens is 264 g/mol. The second-order valence-electron chi connectivity index (χ2n) is 5.10. The summed E-state index contributed by atoms with van der Waals surface area (Å²) in [7, 11) is 0. The highest BCUT2D eigenvalue weighted by Gasteiger charge is 2.18. The molecule has 0 aliphatic heterocycles. The fraction of sp³-hybridized carbons (Fsp3) is 0.692. The van der Waals surface area contributed by atoms with Crippen LogP contribution in [0, 0.1) is 0 Å². The Hall–Kier alpha value is -0.550. The fourth-order valence-electron chi connectivity index (χ4n) is 1.46. The van der Waals surface area contributed by atoms with Gasteiger partial charge >= 0.3 is 0 Å². The summed E-state index contributed by atoms with van der Waals surface area (Å²) in [6.07, 6.45) is 0. The van der Waals surface area contributed by atoms with Gasteiger partial charge in [0, 0.05) is 23.9 Å². The van der Waals surface area contributed by atoms with Crippen LogP contribution in [0.25, 0.3) is 0 Å². The quantitative estimate of drug-likeness (QED) is 0.778. The summed E-state index contributed by atoms with van der Waals surface area (Å²) in [5, 5.41) is 2.09. The van der Waals surface area contributed by atoms with Gasteiger partial charge in [-0.3, -0.25) is 4.79 Å². The number of rotatable bonds is 5. The molecule has 0 aliphatic carbocycles. The van der Waals surface area contributed by atoms with Gasteiger partial charge in [0.25, 0.3) is 0 Å². The minimum absolute atomic E-state index is 0.0815. The number of aromatic nitrogens is 1. The van der Waals surface area contributed by atoms with Gasteiger partial charge in [0.15, 0.2) is 4.34 Å². The highest BCUT2D eigenvalue weighted by molar-refractivity contribution is 8.01. The number of nitrogens with zero attached hydrogens (tertiary/aromatic N) is 2. The lowest BCUT2D eigenvalue weighted by molar-refractivity contribution is -0.127. The van der Waals surface area contributed by atoms with Gasteiger partial charge < -0.3 is 4.90 Å². The molecule has 0 N–H and O–H groups in total. The normalized spacial score (nSPS) is 11.6. The van der Waals surface area contributed by atoms with Gasteiger partial charge in [0.05, 0.1) is 11.4 Å². The number of carbonyl (C=O) groups is 1. The largest absolute Gasteiger partial charge is 0.343 e. The topological polar surface area (TPSA) is 33.2 Å². The summed E-state index contributed by atoms with van der Waals surface area (Å²) >= 11 is 3.17. The summed E-state index contributed by atoms with van der Waals surface area (Å²) < 4.78 is 0.987. The molecule has 102 valence electrons. The van der Waals surface area contributed by atoms with Crippen molar-refractivity contribution in [2.45, 2.75) is 44.4 Å². The smallest absolute Gasteiger partial charge is 0.232 e. The zero-order valence-corrected chi connectivity index (χ0v) is 13.5. The molecule has 0 saturated carbocycles. The number of hydrogen-bond donors (Lipinski definition) is 0. The van der Waals surface area contributed by atoms with Crippen LogP contribution >= 0.6 is 23.1 Å². The molecule has 1 rings (SSSR count). The highest BCUT2D eigenvalue weighted by atomic mass is 32.2. The molecule has 0 saturated heterocycles. The van der Waals surface area contributed by atoms with Gasteiger partial charge in [-0.25, -0.2) is 4.98 Å². The van der Waals surface area contributed by atoms with Crippen LogP contribution in [0.2, 0.25) is 0 Å².